The van der Waals surface area contributed by atoms with Gasteiger partial charge in [0.1, 0.15) is 12.2 Å². The van der Waals surface area contributed by atoms with E-state index in [-0.39, 0.29) is 19.4 Å². The zero-order valence-corrected chi connectivity index (χ0v) is 13.8. The average Bonchev–Trinajstić information content (AvgIpc) is 2.60. The van der Waals surface area contributed by atoms with Crippen molar-refractivity contribution >= 4 is 0 Å². The number of aliphatic hydroxyl groups is 4. The second-order valence-electron chi connectivity index (χ2n) is 6.33. The number of likely N-dealkylation sites (tertiary alicyclic amines) is 1. The summed E-state index contributed by atoms with van der Waals surface area (Å²) in [6.07, 6.45) is -8.30. The molecule has 1 aromatic rings. The van der Waals surface area contributed by atoms with Crippen molar-refractivity contribution in [2.75, 3.05) is 13.2 Å². The maximum atomic E-state index is 12.8. The smallest absolute Gasteiger partial charge is 0.395 e. The number of alkyl halides is 3. The second kappa shape index (κ2) is 8.33. The molecule has 0 aliphatic carbocycles. The Morgan fingerprint density at radius 2 is 1.77 bits per heavy atom. The van der Waals surface area contributed by atoms with Gasteiger partial charge in [0, 0.05) is 19.0 Å². The maximum Gasteiger partial charge on any atom is 0.416 e. The van der Waals surface area contributed by atoms with Gasteiger partial charge in [-0.15, -0.1) is 0 Å². The van der Waals surface area contributed by atoms with Gasteiger partial charge in [0.25, 0.3) is 0 Å². The molecular weight excluding hydrogens is 353 g/mol. The minimum atomic E-state index is -4.48. The van der Waals surface area contributed by atoms with Crippen LogP contribution in [-0.4, -0.2) is 62.8 Å². The number of aliphatic hydroxyl groups excluding tert-OH is 4. The number of benzene rings is 1. The molecule has 1 aromatic carbocycles. The Bertz CT molecular complexity index is 632. The molecular formula is C17H21F3N2O4. The van der Waals surface area contributed by atoms with E-state index in [9.17, 15) is 33.6 Å². The molecule has 144 valence electrons. The van der Waals surface area contributed by atoms with Gasteiger partial charge in [-0.25, -0.2) is 0 Å². The molecule has 1 unspecified atom stereocenters. The van der Waals surface area contributed by atoms with Crippen molar-refractivity contribution in [3.05, 3.63) is 35.4 Å². The Labute approximate surface area is 148 Å². The summed E-state index contributed by atoms with van der Waals surface area (Å²) < 4.78 is 38.3. The molecule has 1 saturated heterocycles. The fraction of sp³-hybridized carbons (Fsp3) is 0.588. The Kier molecular flexibility index (Phi) is 6.60. The van der Waals surface area contributed by atoms with Gasteiger partial charge in [-0.2, -0.15) is 18.4 Å². The van der Waals surface area contributed by atoms with Gasteiger partial charge in [0.15, 0.2) is 0 Å². The third-order valence-electron chi connectivity index (χ3n) is 4.70. The van der Waals surface area contributed by atoms with Crippen LogP contribution in [0.2, 0.25) is 0 Å². The first-order chi connectivity index (χ1) is 12.2. The van der Waals surface area contributed by atoms with Crippen molar-refractivity contribution in [2.24, 2.45) is 0 Å². The summed E-state index contributed by atoms with van der Waals surface area (Å²) in [5.74, 6) is 0. The van der Waals surface area contributed by atoms with Crippen molar-refractivity contribution in [3.8, 4) is 6.07 Å². The minimum absolute atomic E-state index is 0.0923. The average molecular weight is 374 g/mol. The van der Waals surface area contributed by atoms with Crippen molar-refractivity contribution in [1.82, 2.24) is 4.90 Å². The number of nitriles is 1. The molecule has 0 bridgehead atoms. The Morgan fingerprint density at radius 3 is 2.27 bits per heavy atom. The molecule has 26 heavy (non-hydrogen) atoms. The van der Waals surface area contributed by atoms with E-state index in [1.165, 1.54) is 17.0 Å². The number of piperidine rings is 1. The van der Waals surface area contributed by atoms with E-state index in [0.29, 0.717) is 5.56 Å². The lowest BCUT2D eigenvalue weighted by atomic mass is 9.89. The third-order valence-corrected chi connectivity index (χ3v) is 4.70. The lowest BCUT2D eigenvalue weighted by Gasteiger charge is -2.46. The molecule has 0 radical (unpaired) electrons. The lowest BCUT2D eigenvalue weighted by Crippen LogP contribution is -2.63. The molecule has 0 amide bonds. The summed E-state index contributed by atoms with van der Waals surface area (Å²) in [5, 5.41) is 48.4. The van der Waals surface area contributed by atoms with E-state index in [2.05, 4.69) is 0 Å². The summed E-state index contributed by atoms with van der Waals surface area (Å²) in [6.45, 7) is -0.616. The predicted molar refractivity (Wildman–Crippen MR) is 84.6 cm³/mol. The number of rotatable bonds is 5. The largest absolute Gasteiger partial charge is 0.416 e. The van der Waals surface area contributed by atoms with Crippen molar-refractivity contribution in [2.45, 2.75) is 49.4 Å². The molecule has 1 aliphatic heterocycles. The van der Waals surface area contributed by atoms with Crippen LogP contribution in [0.25, 0.3) is 0 Å². The molecule has 1 fully saturated rings. The quantitative estimate of drug-likeness (QED) is 0.608. The highest BCUT2D eigenvalue weighted by atomic mass is 19.4. The Balaban J connectivity index is 2.35. The summed E-state index contributed by atoms with van der Waals surface area (Å²) >= 11 is 0. The van der Waals surface area contributed by atoms with Crippen LogP contribution < -0.4 is 0 Å². The summed E-state index contributed by atoms with van der Waals surface area (Å²) in [5.41, 5.74) is -0.351. The molecule has 0 spiro atoms. The highest BCUT2D eigenvalue weighted by molar-refractivity contribution is 5.27. The maximum absolute atomic E-state index is 12.8. The number of hydrogen-bond donors (Lipinski definition) is 4. The fourth-order valence-corrected chi connectivity index (χ4v) is 3.30. The van der Waals surface area contributed by atoms with Crippen molar-refractivity contribution < 1.29 is 33.6 Å². The van der Waals surface area contributed by atoms with E-state index < -0.39 is 48.7 Å². The molecule has 1 aliphatic rings. The van der Waals surface area contributed by atoms with Gasteiger partial charge in [0.05, 0.1) is 30.4 Å². The van der Waals surface area contributed by atoms with Gasteiger partial charge in [-0.1, -0.05) is 12.1 Å². The fourth-order valence-electron chi connectivity index (χ4n) is 3.30. The van der Waals surface area contributed by atoms with E-state index in [1.54, 1.807) is 0 Å². The first-order valence-electron chi connectivity index (χ1n) is 8.15. The zero-order chi connectivity index (χ0) is 19.5. The van der Waals surface area contributed by atoms with E-state index in [4.69, 9.17) is 5.26 Å². The van der Waals surface area contributed by atoms with E-state index in [1.807, 2.05) is 6.07 Å². The molecule has 9 heteroatoms. The van der Waals surface area contributed by atoms with Crippen LogP contribution in [0.4, 0.5) is 13.2 Å². The van der Waals surface area contributed by atoms with Crippen molar-refractivity contribution in [3.63, 3.8) is 0 Å². The molecule has 0 saturated carbocycles. The van der Waals surface area contributed by atoms with Crippen molar-refractivity contribution in [1.29, 1.82) is 5.26 Å². The lowest BCUT2D eigenvalue weighted by molar-refractivity contribution is -0.155. The van der Waals surface area contributed by atoms with Gasteiger partial charge in [-0.3, -0.25) is 4.90 Å². The molecule has 4 N–H and O–H groups in total. The van der Waals surface area contributed by atoms with Crippen LogP contribution in [0.1, 0.15) is 30.0 Å². The zero-order valence-electron chi connectivity index (χ0n) is 13.8. The molecule has 6 nitrogen and oxygen atoms in total. The standard InChI is InChI=1S/C17H21F3N2O4/c18-17(19,20)11-5-3-10(4-6-11)12(2-1-7-21)22-8-14(24)16(26)15(25)13(22)9-23/h3-6,12-16,23-26H,1-2,8-9H2/t12?,13-,14+,15-,16-/m1/s1. The monoisotopic (exact) mass is 374 g/mol. The van der Waals surface area contributed by atoms with Crippen LogP contribution in [0.3, 0.4) is 0 Å². The number of β-amino-alcohol motifs (C(OH)–C–C–N with tert-alkyl or cyclic N) is 1. The van der Waals surface area contributed by atoms with Gasteiger partial charge in [0.2, 0.25) is 0 Å². The van der Waals surface area contributed by atoms with Gasteiger partial charge < -0.3 is 20.4 Å². The van der Waals surface area contributed by atoms with Gasteiger partial charge in [-0.05, 0) is 24.1 Å². The number of nitrogens with zero attached hydrogens (tertiary/aromatic N) is 2. The normalized spacial score (nSPS) is 28.5. The van der Waals surface area contributed by atoms with Crippen LogP contribution >= 0.6 is 0 Å². The third kappa shape index (κ3) is 4.34. The predicted octanol–water partition coefficient (Wildman–Crippen LogP) is 0.809. The SMILES string of the molecule is N#CCCC(c1ccc(C(F)(F)F)cc1)N1C[C@H](O)[C@@H](O)[C@H](O)[C@H]1CO. The Morgan fingerprint density at radius 1 is 1.15 bits per heavy atom. The van der Waals surface area contributed by atoms with Crippen LogP contribution in [0.5, 0.6) is 0 Å². The first-order valence-corrected chi connectivity index (χ1v) is 8.15. The number of hydrogen-bond acceptors (Lipinski definition) is 6. The highest BCUT2D eigenvalue weighted by Gasteiger charge is 2.43. The molecule has 0 aromatic heterocycles. The Hall–Kier alpha value is -1.70. The first kappa shape index (κ1) is 20.6. The summed E-state index contributed by atoms with van der Waals surface area (Å²) in [4.78, 5) is 1.53. The van der Waals surface area contributed by atoms with E-state index >= 15 is 0 Å². The minimum Gasteiger partial charge on any atom is -0.395 e. The molecule has 1 heterocycles. The molecule has 2 rings (SSSR count). The van der Waals surface area contributed by atoms with E-state index in [0.717, 1.165) is 12.1 Å². The molecule has 5 atom stereocenters. The number of halogens is 3. The van der Waals surface area contributed by atoms with Crippen LogP contribution in [0.15, 0.2) is 24.3 Å². The summed E-state index contributed by atoms with van der Waals surface area (Å²) in [6, 6.07) is 4.85. The van der Waals surface area contributed by atoms with Gasteiger partial charge >= 0.3 is 6.18 Å². The second-order valence-corrected chi connectivity index (χ2v) is 6.33. The topological polar surface area (TPSA) is 108 Å². The van der Waals surface area contributed by atoms with Crippen LogP contribution in [-0.2, 0) is 6.18 Å². The highest BCUT2D eigenvalue weighted by Crippen LogP contribution is 2.35. The van der Waals surface area contributed by atoms with Crippen LogP contribution in [0, 0.1) is 11.3 Å². The summed E-state index contributed by atoms with van der Waals surface area (Å²) in [7, 11) is 0.